The predicted molar refractivity (Wildman–Crippen MR) is 81.8 cm³/mol. The van der Waals surface area contributed by atoms with Crippen molar-refractivity contribution in [3.05, 3.63) is 29.6 Å². The molecule has 0 saturated carbocycles. The first-order chi connectivity index (χ1) is 10.6. The summed E-state index contributed by atoms with van der Waals surface area (Å²) in [6.07, 6.45) is 0.817. The van der Waals surface area contributed by atoms with Crippen LogP contribution in [0.25, 0.3) is 0 Å². The molecule has 1 saturated heterocycles. The van der Waals surface area contributed by atoms with Gasteiger partial charge in [0.05, 0.1) is 25.9 Å². The number of hydrogen-bond acceptors (Lipinski definition) is 4. The number of nitrogens with zero attached hydrogens (tertiary/aromatic N) is 1. The first-order valence-electron chi connectivity index (χ1n) is 7.55. The van der Waals surface area contributed by atoms with E-state index < -0.39 is 11.7 Å². The fourth-order valence-electron chi connectivity index (χ4n) is 2.42. The SMILES string of the molecule is COc1cccc(C(=O)N[C@H](C)CCN2CCOCC2)c1F. The van der Waals surface area contributed by atoms with Crippen LogP contribution in [0.1, 0.15) is 23.7 Å². The van der Waals surface area contributed by atoms with Crippen molar-refractivity contribution in [2.24, 2.45) is 0 Å². The first kappa shape index (κ1) is 16.7. The van der Waals surface area contributed by atoms with Crippen LogP contribution in [0.15, 0.2) is 18.2 Å². The van der Waals surface area contributed by atoms with E-state index in [4.69, 9.17) is 9.47 Å². The van der Waals surface area contributed by atoms with Crippen LogP contribution in [0.4, 0.5) is 4.39 Å². The van der Waals surface area contributed by atoms with Crippen molar-refractivity contribution >= 4 is 5.91 Å². The maximum atomic E-state index is 14.0. The Bertz CT molecular complexity index is 504. The zero-order valence-electron chi connectivity index (χ0n) is 13.1. The molecular formula is C16H23FN2O3. The van der Waals surface area contributed by atoms with Crippen LogP contribution < -0.4 is 10.1 Å². The van der Waals surface area contributed by atoms with E-state index in [2.05, 4.69) is 10.2 Å². The number of nitrogens with one attached hydrogen (secondary N) is 1. The summed E-state index contributed by atoms with van der Waals surface area (Å²) in [7, 11) is 1.38. The van der Waals surface area contributed by atoms with E-state index in [-0.39, 0.29) is 17.4 Å². The van der Waals surface area contributed by atoms with E-state index in [1.165, 1.54) is 19.2 Å². The number of rotatable bonds is 6. The molecule has 1 heterocycles. The summed E-state index contributed by atoms with van der Waals surface area (Å²) >= 11 is 0. The number of methoxy groups -OCH3 is 1. The molecule has 0 aromatic heterocycles. The van der Waals surface area contributed by atoms with E-state index in [1.54, 1.807) is 6.07 Å². The maximum Gasteiger partial charge on any atom is 0.254 e. The summed E-state index contributed by atoms with van der Waals surface area (Å²) in [6.45, 7) is 6.18. The van der Waals surface area contributed by atoms with Gasteiger partial charge in [-0.05, 0) is 25.5 Å². The third-order valence-corrected chi connectivity index (χ3v) is 3.79. The normalized spacial score (nSPS) is 17.0. The zero-order chi connectivity index (χ0) is 15.9. The van der Waals surface area contributed by atoms with E-state index in [1.807, 2.05) is 6.92 Å². The minimum atomic E-state index is -0.622. The average molecular weight is 310 g/mol. The van der Waals surface area contributed by atoms with Crippen molar-refractivity contribution in [3.8, 4) is 5.75 Å². The molecule has 1 fully saturated rings. The molecule has 1 atom stereocenters. The van der Waals surface area contributed by atoms with E-state index in [9.17, 15) is 9.18 Å². The predicted octanol–water partition coefficient (Wildman–Crippen LogP) is 1.67. The molecule has 0 aliphatic carbocycles. The summed E-state index contributed by atoms with van der Waals surface area (Å²) in [5.41, 5.74) is 0.0116. The highest BCUT2D eigenvalue weighted by molar-refractivity contribution is 5.95. The Morgan fingerprint density at radius 3 is 2.86 bits per heavy atom. The number of benzene rings is 1. The topological polar surface area (TPSA) is 50.8 Å². The molecule has 5 nitrogen and oxygen atoms in total. The Morgan fingerprint density at radius 2 is 2.18 bits per heavy atom. The van der Waals surface area contributed by atoms with Gasteiger partial charge in [0.1, 0.15) is 0 Å². The molecule has 1 amide bonds. The third kappa shape index (κ3) is 4.42. The van der Waals surface area contributed by atoms with Gasteiger partial charge in [-0.3, -0.25) is 9.69 Å². The molecule has 0 unspecified atom stereocenters. The molecule has 0 bridgehead atoms. The highest BCUT2D eigenvalue weighted by Crippen LogP contribution is 2.19. The van der Waals surface area contributed by atoms with Crippen LogP contribution in [0.3, 0.4) is 0 Å². The summed E-state index contributed by atoms with van der Waals surface area (Å²) in [6, 6.07) is 4.53. The Labute approximate surface area is 130 Å². The van der Waals surface area contributed by atoms with E-state index in [0.717, 1.165) is 39.3 Å². The quantitative estimate of drug-likeness (QED) is 0.868. The Balaban J connectivity index is 1.85. The average Bonchev–Trinajstić information content (AvgIpc) is 2.54. The van der Waals surface area contributed by atoms with Gasteiger partial charge in [0.15, 0.2) is 11.6 Å². The highest BCUT2D eigenvalue weighted by atomic mass is 19.1. The van der Waals surface area contributed by atoms with Crippen molar-refractivity contribution in [1.82, 2.24) is 10.2 Å². The lowest BCUT2D eigenvalue weighted by Gasteiger charge is -2.27. The van der Waals surface area contributed by atoms with Crippen LogP contribution in [0.5, 0.6) is 5.75 Å². The van der Waals surface area contributed by atoms with Crippen molar-refractivity contribution < 1.29 is 18.7 Å². The van der Waals surface area contributed by atoms with Crippen molar-refractivity contribution in [2.75, 3.05) is 40.0 Å². The number of hydrogen-bond donors (Lipinski definition) is 1. The molecular weight excluding hydrogens is 287 g/mol. The fourth-order valence-corrected chi connectivity index (χ4v) is 2.42. The molecule has 6 heteroatoms. The largest absolute Gasteiger partial charge is 0.494 e. The second kappa shape index (κ2) is 8.10. The molecule has 0 spiro atoms. The Kier molecular flexibility index (Phi) is 6.15. The molecule has 22 heavy (non-hydrogen) atoms. The van der Waals surface area contributed by atoms with Gasteiger partial charge >= 0.3 is 0 Å². The van der Waals surface area contributed by atoms with Crippen LogP contribution in [-0.4, -0.2) is 56.8 Å². The van der Waals surface area contributed by atoms with Gasteiger partial charge < -0.3 is 14.8 Å². The third-order valence-electron chi connectivity index (χ3n) is 3.79. The number of halogens is 1. The minimum Gasteiger partial charge on any atom is -0.494 e. The monoisotopic (exact) mass is 310 g/mol. The van der Waals surface area contributed by atoms with Crippen LogP contribution >= 0.6 is 0 Å². The van der Waals surface area contributed by atoms with Gasteiger partial charge in [0.25, 0.3) is 5.91 Å². The minimum absolute atomic E-state index is 0.0116. The molecule has 1 aromatic carbocycles. The lowest BCUT2D eigenvalue weighted by molar-refractivity contribution is 0.0363. The van der Waals surface area contributed by atoms with Crippen molar-refractivity contribution in [3.63, 3.8) is 0 Å². The van der Waals surface area contributed by atoms with Gasteiger partial charge in [0, 0.05) is 25.7 Å². The Morgan fingerprint density at radius 1 is 1.45 bits per heavy atom. The van der Waals surface area contributed by atoms with E-state index >= 15 is 0 Å². The number of amides is 1. The maximum absolute atomic E-state index is 14.0. The molecule has 122 valence electrons. The highest BCUT2D eigenvalue weighted by Gasteiger charge is 2.18. The smallest absolute Gasteiger partial charge is 0.254 e. The number of carbonyl (C=O) groups excluding carboxylic acids is 1. The summed E-state index contributed by atoms with van der Waals surface area (Å²) < 4.78 is 24.2. The second-order valence-corrected chi connectivity index (χ2v) is 5.44. The van der Waals surface area contributed by atoms with Gasteiger partial charge in [-0.1, -0.05) is 6.07 Å². The van der Waals surface area contributed by atoms with Crippen molar-refractivity contribution in [1.29, 1.82) is 0 Å². The number of morpholine rings is 1. The molecule has 1 aliphatic heterocycles. The summed E-state index contributed by atoms with van der Waals surface area (Å²) in [4.78, 5) is 14.5. The molecule has 0 radical (unpaired) electrons. The Hall–Kier alpha value is -1.66. The van der Waals surface area contributed by atoms with Crippen LogP contribution in [-0.2, 0) is 4.74 Å². The summed E-state index contributed by atoms with van der Waals surface area (Å²) in [5.74, 6) is -0.956. The van der Waals surface area contributed by atoms with Gasteiger partial charge in [-0.15, -0.1) is 0 Å². The van der Waals surface area contributed by atoms with Gasteiger partial charge in [-0.2, -0.15) is 0 Å². The second-order valence-electron chi connectivity index (χ2n) is 5.44. The zero-order valence-corrected chi connectivity index (χ0v) is 13.1. The first-order valence-corrected chi connectivity index (χ1v) is 7.55. The van der Waals surface area contributed by atoms with Crippen molar-refractivity contribution in [2.45, 2.75) is 19.4 Å². The number of ether oxygens (including phenoxy) is 2. The van der Waals surface area contributed by atoms with Crippen LogP contribution in [0.2, 0.25) is 0 Å². The molecule has 1 N–H and O–H groups in total. The standard InChI is InChI=1S/C16H23FN2O3/c1-12(6-7-19-8-10-22-11-9-19)18-16(20)13-4-3-5-14(21-2)15(13)17/h3-5,12H,6-11H2,1-2H3,(H,18,20)/t12-/m1/s1. The lowest BCUT2D eigenvalue weighted by Crippen LogP contribution is -2.40. The molecule has 2 rings (SSSR count). The number of carbonyl (C=O) groups is 1. The summed E-state index contributed by atoms with van der Waals surface area (Å²) in [5, 5.41) is 2.84. The lowest BCUT2D eigenvalue weighted by atomic mass is 10.1. The van der Waals surface area contributed by atoms with Gasteiger partial charge in [-0.25, -0.2) is 4.39 Å². The van der Waals surface area contributed by atoms with Crippen LogP contribution in [0, 0.1) is 5.82 Å². The fraction of sp³-hybridized carbons (Fsp3) is 0.562. The molecule has 1 aliphatic rings. The van der Waals surface area contributed by atoms with E-state index in [0.29, 0.717) is 0 Å². The molecule has 1 aromatic rings. The van der Waals surface area contributed by atoms with Gasteiger partial charge in [0.2, 0.25) is 0 Å².